The molecule has 0 bridgehead atoms. The van der Waals surface area contributed by atoms with E-state index >= 15 is 0 Å². The summed E-state index contributed by atoms with van der Waals surface area (Å²) in [5, 5.41) is 6.23. The van der Waals surface area contributed by atoms with E-state index in [0.717, 1.165) is 25.8 Å². The van der Waals surface area contributed by atoms with Crippen LogP contribution in [-0.4, -0.2) is 57.6 Å². The number of guanidine groups is 1. The first kappa shape index (κ1) is 24.1. The third kappa shape index (κ3) is 8.30. The van der Waals surface area contributed by atoms with Gasteiger partial charge >= 0.3 is 0 Å². The maximum absolute atomic E-state index is 13.7. The molecule has 1 saturated heterocycles. The normalized spacial score (nSPS) is 17.7. The fraction of sp³-hybridized carbons (Fsp3) is 0.619. The number of halogens is 1. The fourth-order valence-corrected chi connectivity index (χ4v) is 4.38. The standard InChI is InChI=1S/C21H33FN4O3S/c1-4-23-21(24-10-9-20(27)26-11-5-6-16(2)14-26)25-13-18-12-19(22)8-7-17(18)15-30(3,28)29/h7-8,12,16H,4-6,9-11,13-15H2,1-3H3,(H2,23,24,25). The molecule has 1 fully saturated rings. The van der Waals surface area contributed by atoms with Crippen LogP contribution in [0.4, 0.5) is 4.39 Å². The van der Waals surface area contributed by atoms with Gasteiger partial charge in [0.15, 0.2) is 15.8 Å². The lowest BCUT2D eigenvalue weighted by Crippen LogP contribution is -2.42. The number of nitrogens with zero attached hydrogens (tertiary/aromatic N) is 2. The number of aliphatic imine (C=N–C) groups is 1. The van der Waals surface area contributed by atoms with Crippen LogP contribution in [0.1, 0.15) is 44.2 Å². The number of sulfone groups is 1. The molecule has 1 aromatic rings. The molecule has 1 aliphatic rings. The highest BCUT2D eigenvalue weighted by Crippen LogP contribution is 2.17. The Morgan fingerprint density at radius 2 is 2.07 bits per heavy atom. The van der Waals surface area contributed by atoms with Crippen molar-refractivity contribution in [2.45, 2.75) is 45.4 Å². The Balaban J connectivity index is 1.97. The van der Waals surface area contributed by atoms with Gasteiger partial charge in [0.25, 0.3) is 0 Å². The van der Waals surface area contributed by atoms with Gasteiger partial charge in [-0.15, -0.1) is 0 Å². The van der Waals surface area contributed by atoms with Crippen LogP contribution in [0.2, 0.25) is 0 Å². The summed E-state index contributed by atoms with van der Waals surface area (Å²) in [5.74, 6) is 0.585. The van der Waals surface area contributed by atoms with Crippen LogP contribution >= 0.6 is 0 Å². The second kappa shape index (κ2) is 11.3. The summed E-state index contributed by atoms with van der Waals surface area (Å²) in [6.07, 6.45) is 3.74. The zero-order valence-corrected chi connectivity index (χ0v) is 18.9. The Hall–Kier alpha value is -2.16. The topological polar surface area (TPSA) is 90.9 Å². The minimum Gasteiger partial charge on any atom is -0.357 e. The lowest BCUT2D eigenvalue weighted by molar-refractivity contribution is -0.132. The van der Waals surface area contributed by atoms with Crippen molar-refractivity contribution in [3.05, 3.63) is 35.1 Å². The SMILES string of the molecule is CCNC(=NCc1cc(F)ccc1CS(C)(=O)=O)NCCC(=O)N1CCCC(C)C1. The quantitative estimate of drug-likeness (QED) is 0.477. The maximum atomic E-state index is 13.7. The van der Waals surface area contributed by atoms with Gasteiger partial charge in [-0.25, -0.2) is 17.8 Å². The first-order valence-corrected chi connectivity index (χ1v) is 12.5. The van der Waals surface area contributed by atoms with Gasteiger partial charge < -0.3 is 15.5 Å². The molecule has 30 heavy (non-hydrogen) atoms. The zero-order valence-electron chi connectivity index (χ0n) is 18.1. The van der Waals surface area contributed by atoms with Crippen molar-refractivity contribution in [3.63, 3.8) is 0 Å². The van der Waals surface area contributed by atoms with Gasteiger partial charge in [-0.1, -0.05) is 13.0 Å². The van der Waals surface area contributed by atoms with Crippen LogP contribution in [0.15, 0.2) is 23.2 Å². The number of carbonyl (C=O) groups excluding carboxylic acids is 1. The summed E-state index contributed by atoms with van der Waals surface area (Å²) < 4.78 is 37.0. The Morgan fingerprint density at radius 3 is 2.73 bits per heavy atom. The number of benzene rings is 1. The lowest BCUT2D eigenvalue weighted by Gasteiger charge is -2.31. The molecule has 1 aromatic carbocycles. The van der Waals surface area contributed by atoms with Crippen molar-refractivity contribution in [2.24, 2.45) is 10.9 Å². The average molecular weight is 441 g/mol. The summed E-state index contributed by atoms with van der Waals surface area (Å²) >= 11 is 0. The van der Waals surface area contributed by atoms with E-state index in [4.69, 9.17) is 0 Å². The highest BCUT2D eigenvalue weighted by molar-refractivity contribution is 7.89. The summed E-state index contributed by atoms with van der Waals surface area (Å²) in [6.45, 7) is 6.93. The maximum Gasteiger partial charge on any atom is 0.224 e. The number of hydrogen-bond donors (Lipinski definition) is 2. The Kier molecular flexibility index (Phi) is 9.08. The third-order valence-corrected chi connectivity index (χ3v) is 5.81. The molecular formula is C21H33FN4O3S. The van der Waals surface area contributed by atoms with Crippen molar-refractivity contribution in [3.8, 4) is 0 Å². The van der Waals surface area contributed by atoms with Crippen molar-refractivity contribution < 1.29 is 17.6 Å². The van der Waals surface area contributed by atoms with Gasteiger partial charge in [-0.05, 0) is 48.9 Å². The smallest absolute Gasteiger partial charge is 0.224 e. The highest BCUT2D eigenvalue weighted by Gasteiger charge is 2.20. The van der Waals surface area contributed by atoms with E-state index < -0.39 is 15.7 Å². The summed E-state index contributed by atoms with van der Waals surface area (Å²) in [7, 11) is -3.24. The third-order valence-electron chi connectivity index (χ3n) is 4.98. The second-order valence-electron chi connectivity index (χ2n) is 7.94. The number of amides is 1. The Labute approximate surface area is 179 Å². The molecule has 0 saturated carbocycles. The molecule has 2 N–H and O–H groups in total. The van der Waals surface area contributed by atoms with E-state index in [1.54, 1.807) is 0 Å². The molecule has 1 amide bonds. The number of carbonyl (C=O) groups is 1. The van der Waals surface area contributed by atoms with Gasteiger partial charge in [0.2, 0.25) is 5.91 Å². The molecule has 1 heterocycles. The molecule has 7 nitrogen and oxygen atoms in total. The van der Waals surface area contributed by atoms with Crippen LogP contribution in [0.5, 0.6) is 0 Å². The number of likely N-dealkylation sites (tertiary alicyclic amines) is 1. The number of piperidine rings is 1. The largest absolute Gasteiger partial charge is 0.357 e. The highest BCUT2D eigenvalue weighted by atomic mass is 32.2. The van der Waals surface area contributed by atoms with Crippen molar-refractivity contribution >= 4 is 21.7 Å². The zero-order chi connectivity index (χ0) is 22.1. The molecule has 0 radical (unpaired) electrons. The number of hydrogen-bond acceptors (Lipinski definition) is 4. The Bertz CT molecular complexity index is 858. The van der Waals surface area contributed by atoms with Gasteiger partial charge in [0.05, 0.1) is 12.3 Å². The van der Waals surface area contributed by atoms with Crippen LogP contribution in [0.25, 0.3) is 0 Å². The van der Waals surface area contributed by atoms with Gasteiger partial charge in [-0.2, -0.15) is 0 Å². The van der Waals surface area contributed by atoms with E-state index in [-0.39, 0.29) is 18.2 Å². The van der Waals surface area contributed by atoms with Gasteiger partial charge in [0.1, 0.15) is 5.82 Å². The van der Waals surface area contributed by atoms with E-state index in [2.05, 4.69) is 22.5 Å². The first-order valence-electron chi connectivity index (χ1n) is 10.4. The van der Waals surface area contributed by atoms with E-state index in [9.17, 15) is 17.6 Å². The van der Waals surface area contributed by atoms with Crippen molar-refractivity contribution in [2.75, 3.05) is 32.4 Å². The number of nitrogens with one attached hydrogen (secondary N) is 2. The minimum atomic E-state index is -3.24. The lowest BCUT2D eigenvalue weighted by atomic mass is 10.00. The minimum absolute atomic E-state index is 0.130. The van der Waals surface area contributed by atoms with Gasteiger partial charge in [0, 0.05) is 38.9 Å². The van der Waals surface area contributed by atoms with E-state index in [1.165, 1.54) is 24.6 Å². The molecule has 0 aromatic heterocycles. The average Bonchev–Trinajstić information content (AvgIpc) is 2.66. The number of rotatable bonds is 8. The predicted molar refractivity (Wildman–Crippen MR) is 117 cm³/mol. The molecule has 1 aliphatic heterocycles. The van der Waals surface area contributed by atoms with Gasteiger partial charge in [-0.3, -0.25) is 4.79 Å². The first-order chi connectivity index (χ1) is 14.2. The van der Waals surface area contributed by atoms with Crippen LogP contribution < -0.4 is 10.6 Å². The van der Waals surface area contributed by atoms with Crippen LogP contribution in [0.3, 0.4) is 0 Å². The molecule has 2 rings (SSSR count). The summed E-state index contributed by atoms with van der Waals surface area (Å²) in [4.78, 5) is 18.8. The molecular weight excluding hydrogens is 407 g/mol. The molecule has 9 heteroatoms. The van der Waals surface area contributed by atoms with Crippen LogP contribution in [-0.2, 0) is 26.9 Å². The van der Waals surface area contributed by atoms with Crippen molar-refractivity contribution in [1.29, 1.82) is 0 Å². The van der Waals surface area contributed by atoms with Crippen molar-refractivity contribution in [1.82, 2.24) is 15.5 Å². The van der Waals surface area contributed by atoms with Crippen LogP contribution in [0, 0.1) is 11.7 Å². The predicted octanol–water partition coefficient (Wildman–Crippen LogP) is 2.07. The second-order valence-corrected chi connectivity index (χ2v) is 10.1. The summed E-state index contributed by atoms with van der Waals surface area (Å²) in [6, 6.07) is 4.05. The fourth-order valence-electron chi connectivity index (χ4n) is 3.53. The molecule has 168 valence electrons. The Morgan fingerprint density at radius 1 is 1.30 bits per heavy atom. The molecule has 0 aliphatic carbocycles. The summed E-state index contributed by atoms with van der Waals surface area (Å²) in [5.41, 5.74) is 1.06. The molecule has 0 spiro atoms. The molecule has 1 unspecified atom stereocenters. The molecule has 1 atom stereocenters. The van der Waals surface area contributed by atoms with E-state index in [0.29, 0.717) is 42.5 Å². The monoisotopic (exact) mass is 440 g/mol. The van der Waals surface area contributed by atoms with E-state index in [1.807, 2.05) is 11.8 Å².